The van der Waals surface area contributed by atoms with E-state index in [-0.39, 0.29) is 30.6 Å². The highest BCUT2D eigenvalue weighted by atomic mass is 32.2. The molecular weight excluding hydrogens is 339 g/mol. The predicted molar refractivity (Wildman–Crippen MR) is 99.0 cm³/mol. The van der Waals surface area contributed by atoms with Crippen molar-refractivity contribution in [3.05, 3.63) is 52.8 Å². The SMILES string of the molecule is CCC(=O)Oc1cccc(SC)c1COc1cc(C)c(CC)cc1F. The fraction of sp³-hybridized carbons (Fsp3) is 0.350. The van der Waals surface area contributed by atoms with Crippen molar-refractivity contribution in [3.8, 4) is 11.5 Å². The maximum atomic E-state index is 14.3. The number of aryl methyl sites for hydroxylation is 2. The van der Waals surface area contributed by atoms with Gasteiger partial charge < -0.3 is 9.47 Å². The number of carbonyl (C=O) groups excluding carboxylic acids is 1. The first kappa shape index (κ1) is 19.3. The van der Waals surface area contributed by atoms with Gasteiger partial charge in [0.05, 0.1) is 0 Å². The van der Waals surface area contributed by atoms with E-state index in [4.69, 9.17) is 9.47 Å². The van der Waals surface area contributed by atoms with Gasteiger partial charge >= 0.3 is 5.97 Å². The van der Waals surface area contributed by atoms with Crippen molar-refractivity contribution in [3.63, 3.8) is 0 Å². The summed E-state index contributed by atoms with van der Waals surface area (Å²) in [4.78, 5) is 12.6. The van der Waals surface area contributed by atoms with Crippen LogP contribution in [0, 0.1) is 12.7 Å². The maximum Gasteiger partial charge on any atom is 0.310 e. The summed E-state index contributed by atoms with van der Waals surface area (Å²) >= 11 is 1.53. The standard InChI is InChI=1S/C20H23FO3S/c1-5-14-11-16(21)18(10-13(14)3)23-12-15-17(24-20(22)6-2)8-7-9-19(15)25-4/h7-11H,5-6,12H2,1-4H3. The molecule has 0 atom stereocenters. The molecule has 2 rings (SSSR count). The number of ether oxygens (including phenoxy) is 2. The molecule has 0 saturated heterocycles. The normalized spacial score (nSPS) is 10.6. The molecule has 0 heterocycles. The fourth-order valence-corrected chi connectivity index (χ4v) is 3.13. The van der Waals surface area contributed by atoms with Crippen LogP contribution in [0.25, 0.3) is 0 Å². The molecular formula is C20H23FO3S. The number of thioether (sulfide) groups is 1. The zero-order chi connectivity index (χ0) is 18.4. The van der Waals surface area contributed by atoms with Crippen molar-refractivity contribution >= 4 is 17.7 Å². The minimum atomic E-state index is -0.379. The highest BCUT2D eigenvalue weighted by Gasteiger charge is 2.15. The first-order valence-electron chi connectivity index (χ1n) is 8.28. The fourth-order valence-electron chi connectivity index (χ4n) is 2.51. The predicted octanol–water partition coefficient (Wildman–Crippen LogP) is 5.31. The van der Waals surface area contributed by atoms with E-state index in [2.05, 4.69) is 0 Å². The summed E-state index contributed by atoms with van der Waals surface area (Å²) in [5.74, 6) is -0.0237. The molecule has 0 aromatic heterocycles. The van der Waals surface area contributed by atoms with Crippen molar-refractivity contribution in [2.75, 3.05) is 6.26 Å². The van der Waals surface area contributed by atoms with Crippen LogP contribution in [0.5, 0.6) is 11.5 Å². The van der Waals surface area contributed by atoms with E-state index >= 15 is 0 Å². The quantitative estimate of drug-likeness (QED) is 0.380. The second-order valence-corrected chi connectivity index (χ2v) is 6.46. The summed E-state index contributed by atoms with van der Waals surface area (Å²) < 4.78 is 25.4. The Morgan fingerprint density at radius 2 is 1.96 bits per heavy atom. The molecule has 134 valence electrons. The summed E-state index contributed by atoms with van der Waals surface area (Å²) in [7, 11) is 0. The van der Waals surface area contributed by atoms with Crippen molar-refractivity contribution in [1.29, 1.82) is 0 Å². The molecule has 0 N–H and O–H groups in total. The van der Waals surface area contributed by atoms with Gasteiger partial charge in [0.1, 0.15) is 12.4 Å². The van der Waals surface area contributed by atoms with Crippen LogP contribution in [-0.2, 0) is 17.8 Å². The van der Waals surface area contributed by atoms with Gasteiger partial charge in [0.25, 0.3) is 0 Å². The first-order valence-corrected chi connectivity index (χ1v) is 9.50. The summed E-state index contributed by atoms with van der Waals surface area (Å²) in [6.45, 7) is 5.80. The minimum absolute atomic E-state index is 0.130. The molecule has 0 aliphatic rings. The van der Waals surface area contributed by atoms with Crippen LogP contribution >= 0.6 is 11.8 Å². The second kappa shape index (κ2) is 8.90. The van der Waals surface area contributed by atoms with Gasteiger partial charge in [0.15, 0.2) is 11.6 Å². The van der Waals surface area contributed by atoms with Crippen LogP contribution in [0.4, 0.5) is 4.39 Å². The number of hydrogen-bond donors (Lipinski definition) is 0. The molecule has 0 radical (unpaired) electrons. The topological polar surface area (TPSA) is 35.5 Å². The molecule has 0 aliphatic heterocycles. The summed E-state index contributed by atoms with van der Waals surface area (Å²) in [6, 6.07) is 8.72. The Labute approximate surface area is 152 Å². The third kappa shape index (κ3) is 4.75. The van der Waals surface area contributed by atoms with E-state index in [1.807, 2.05) is 32.2 Å². The third-order valence-corrected chi connectivity index (χ3v) is 4.79. The van der Waals surface area contributed by atoms with Crippen molar-refractivity contribution in [2.24, 2.45) is 0 Å². The minimum Gasteiger partial charge on any atom is -0.486 e. The van der Waals surface area contributed by atoms with Crippen LogP contribution in [0.2, 0.25) is 0 Å². The Bertz CT molecular complexity index is 759. The van der Waals surface area contributed by atoms with E-state index < -0.39 is 0 Å². The van der Waals surface area contributed by atoms with Crippen LogP contribution in [-0.4, -0.2) is 12.2 Å². The van der Waals surface area contributed by atoms with E-state index in [0.29, 0.717) is 5.75 Å². The molecule has 0 aliphatic carbocycles. The highest BCUT2D eigenvalue weighted by Crippen LogP contribution is 2.31. The number of benzene rings is 2. The third-order valence-electron chi connectivity index (χ3n) is 3.97. The Morgan fingerprint density at radius 3 is 2.60 bits per heavy atom. The molecule has 2 aromatic rings. The Morgan fingerprint density at radius 1 is 1.20 bits per heavy atom. The molecule has 25 heavy (non-hydrogen) atoms. The zero-order valence-corrected chi connectivity index (χ0v) is 15.8. The van der Waals surface area contributed by atoms with Crippen LogP contribution in [0.15, 0.2) is 35.2 Å². The molecule has 5 heteroatoms. The summed E-state index contributed by atoms with van der Waals surface area (Å²) in [5, 5.41) is 0. The van der Waals surface area contributed by atoms with Gasteiger partial charge in [-0.05, 0) is 55.0 Å². The van der Waals surface area contributed by atoms with Crippen LogP contribution < -0.4 is 9.47 Å². The smallest absolute Gasteiger partial charge is 0.310 e. The lowest BCUT2D eigenvalue weighted by Crippen LogP contribution is -2.09. The number of rotatable bonds is 7. The van der Waals surface area contributed by atoms with Gasteiger partial charge in [-0.15, -0.1) is 11.8 Å². The molecule has 2 aromatic carbocycles. The first-order chi connectivity index (χ1) is 12.0. The monoisotopic (exact) mass is 362 g/mol. The van der Waals surface area contributed by atoms with Gasteiger partial charge in [-0.3, -0.25) is 4.79 Å². The van der Waals surface area contributed by atoms with Crippen LogP contribution in [0.3, 0.4) is 0 Å². The summed E-state index contributed by atoms with van der Waals surface area (Å²) in [6.07, 6.45) is 3.00. The van der Waals surface area contributed by atoms with Crippen molar-refractivity contribution in [1.82, 2.24) is 0 Å². The molecule has 0 fully saturated rings. The lowest BCUT2D eigenvalue weighted by atomic mass is 10.1. The molecule has 0 spiro atoms. The Kier molecular flexibility index (Phi) is 6.88. The molecule has 0 bridgehead atoms. The lowest BCUT2D eigenvalue weighted by molar-refractivity contribution is -0.134. The lowest BCUT2D eigenvalue weighted by Gasteiger charge is -2.15. The average molecular weight is 362 g/mol. The van der Waals surface area contributed by atoms with Crippen LogP contribution in [0.1, 0.15) is 37.0 Å². The Hall–Kier alpha value is -2.01. The van der Waals surface area contributed by atoms with E-state index in [0.717, 1.165) is 28.0 Å². The molecule has 0 saturated carbocycles. The van der Waals surface area contributed by atoms with Crippen molar-refractivity contribution in [2.45, 2.75) is 45.1 Å². The van der Waals surface area contributed by atoms with Gasteiger partial charge in [0, 0.05) is 16.9 Å². The number of carbonyl (C=O) groups is 1. The van der Waals surface area contributed by atoms with E-state index in [9.17, 15) is 9.18 Å². The van der Waals surface area contributed by atoms with Gasteiger partial charge in [-0.2, -0.15) is 0 Å². The Balaban J connectivity index is 2.28. The zero-order valence-electron chi connectivity index (χ0n) is 15.0. The van der Waals surface area contributed by atoms with Crippen molar-refractivity contribution < 1.29 is 18.7 Å². The molecule has 3 nitrogen and oxygen atoms in total. The maximum absolute atomic E-state index is 14.3. The second-order valence-electron chi connectivity index (χ2n) is 5.62. The number of hydrogen-bond acceptors (Lipinski definition) is 4. The number of halogens is 1. The summed E-state index contributed by atoms with van der Waals surface area (Å²) in [5.41, 5.74) is 2.70. The van der Waals surface area contributed by atoms with Gasteiger partial charge in [0.2, 0.25) is 0 Å². The molecule has 0 unspecified atom stereocenters. The van der Waals surface area contributed by atoms with Gasteiger partial charge in [-0.25, -0.2) is 4.39 Å². The largest absolute Gasteiger partial charge is 0.486 e. The van der Waals surface area contributed by atoms with E-state index in [1.165, 1.54) is 17.8 Å². The highest BCUT2D eigenvalue weighted by molar-refractivity contribution is 7.98. The molecule has 0 amide bonds. The number of esters is 1. The van der Waals surface area contributed by atoms with Gasteiger partial charge in [-0.1, -0.05) is 19.9 Å². The average Bonchev–Trinajstić information content (AvgIpc) is 2.62. The van der Waals surface area contributed by atoms with E-state index in [1.54, 1.807) is 19.1 Å².